The summed E-state index contributed by atoms with van der Waals surface area (Å²) in [6.45, 7) is 4.94. The Labute approximate surface area is 129 Å². The van der Waals surface area contributed by atoms with Crippen LogP contribution in [-0.2, 0) is 11.3 Å². The number of ether oxygens (including phenoxy) is 1. The summed E-state index contributed by atoms with van der Waals surface area (Å²) in [6, 6.07) is 5.60. The highest BCUT2D eigenvalue weighted by molar-refractivity contribution is 5.93. The van der Waals surface area contributed by atoms with Crippen molar-refractivity contribution in [2.75, 3.05) is 24.6 Å². The van der Waals surface area contributed by atoms with E-state index in [0.717, 1.165) is 31.1 Å². The molecule has 0 unspecified atom stereocenters. The molecule has 0 aliphatic carbocycles. The van der Waals surface area contributed by atoms with E-state index in [-0.39, 0.29) is 12.0 Å². The molecule has 3 heterocycles. The quantitative estimate of drug-likeness (QED) is 0.933. The number of hydrogen-bond donors (Lipinski definition) is 1. The number of morpholine rings is 1. The first-order valence-electron chi connectivity index (χ1n) is 7.34. The number of hydrogen-bond acceptors (Lipinski definition) is 5. The Morgan fingerprint density at radius 2 is 2.36 bits per heavy atom. The summed E-state index contributed by atoms with van der Waals surface area (Å²) in [6.07, 6.45) is 4.93. The number of rotatable bonds is 4. The summed E-state index contributed by atoms with van der Waals surface area (Å²) in [7, 11) is 0. The Bertz CT molecular complexity index is 610. The summed E-state index contributed by atoms with van der Waals surface area (Å²) in [4.78, 5) is 18.5. The molecule has 0 radical (unpaired) electrons. The van der Waals surface area contributed by atoms with Crippen molar-refractivity contribution in [2.45, 2.75) is 19.6 Å². The van der Waals surface area contributed by atoms with E-state index in [1.807, 2.05) is 12.1 Å². The molecule has 1 atom stereocenters. The number of amides is 1. The first-order chi connectivity index (χ1) is 10.7. The molecule has 0 bridgehead atoms. The zero-order valence-corrected chi connectivity index (χ0v) is 12.5. The molecular formula is C16H19N3O3. The number of furan rings is 1. The average Bonchev–Trinajstić information content (AvgIpc) is 3.08. The van der Waals surface area contributed by atoms with Crippen molar-refractivity contribution in [3.8, 4) is 0 Å². The van der Waals surface area contributed by atoms with Crippen LogP contribution in [-0.4, -0.2) is 36.7 Å². The van der Waals surface area contributed by atoms with E-state index >= 15 is 0 Å². The lowest BCUT2D eigenvalue weighted by Gasteiger charge is -2.32. The smallest absolute Gasteiger partial charge is 0.254 e. The maximum Gasteiger partial charge on any atom is 0.254 e. The topological polar surface area (TPSA) is 67.6 Å². The highest BCUT2D eigenvalue weighted by Crippen LogP contribution is 2.15. The summed E-state index contributed by atoms with van der Waals surface area (Å²) in [5.41, 5.74) is 1.48. The Morgan fingerprint density at radius 3 is 3.05 bits per heavy atom. The van der Waals surface area contributed by atoms with Crippen molar-refractivity contribution in [1.82, 2.24) is 10.3 Å². The van der Waals surface area contributed by atoms with E-state index in [0.29, 0.717) is 12.1 Å². The van der Waals surface area contributed by atoms with Crippen molar-refractivity contribution in [2.24, 2.45) is 0 Å². The minimum atomic E-state index is -0.153. The molecule has 116 valence electrons. The molecule has 1 fully saturated rings. The second-order valence-corrected chi connectivity index (χ2v) is 5.35. The lowest BCUT2D eigenvalue weighted by molar-refractivity contribution is 0.0529. The monoisotopic (exact) mass is 301 g/mol. The molecule has 3 rings (SSSR count). The normalized spacial score (nSPS) is 18.2. The Morgan fingerprint density at radius 1 is 1.45 bits per heavy atom. The Balaban J connectivity index is 1.56. The predicted molar refractivity (Wildman–Crippen MR) is 81.7 cm³/mol. The van der Waals surface area contributed by atoms with Crippen molar-refractivity contribution in [1.29, 1.82) is 0 Å². The number of anilines is 1. The van der Waals surface area contributed by atoms with Gasteiger partial charge in [-0.1, -0.05) is 6.07 Å². The van der Waals surface area contributed by atoms with Gasteiger partial charge in [-0.3, -0.25) is 4.79 Å². The molecule has 0 spiro atoms. The van der Waals surface area contributed by atoms with Gasteiger partial charge in [-0.25, -0.2) is 4.98 Å². The molecule has 6 nitrogen and oxygen atoms in total. The molecule has 1 aliphatic heterocycles. The van der Waals surface area contributed by atoms with Crippen LogP contribution in [0.2, 0.25) is 0 Å². The SMILES string of the molecule is C[C@H]1CN(c2ccc(CNC(=O)c3ccoc3)cn2)CCO1. The van der Waals surface area contributed by atoms with Crippen LogP contribution in [0.3, 0.4) is 0 Å². The third kappa shape index (κ3) is 3.46. The average molecular weight is 301 g/mol. The van der Waals surface area contributed by atoms with Gasteiger partial charge >= 0.3 is 0 Å². The van der Waals surface area contributed by atoms with Gasteiger partial charge in [-0.15, -0.1) is 0 Å². The minimum absolute atomic E-state index is 0.153. The highest BCUT2D eigenvalue weighted by Gasteiger charge is 2.17. The zero-order valence-electron chi connectivity index (χ0n) is 12.5. The molecule has 1 N–H and O–H groups in total. The van der Waals surface area contributed by atoms with Crippen LogP contribution in [0.5, 0.6) is 0 Å². The van der Waals surface area contributed by atoms with Gasteiger partial charge in [0.15, 0.2) is 0 Å². The standard InChI is InChI=1S/C16H19N3O3/c1-12-10-19(5-7-22-12)15-3-2-13(8-17-15)9-18-16(20)14-4-6-21-11-14/h2-4,6,8,11-12H,5,7,9-10H2,1H3,(H,18,20)/t12-/m0/s1. The first-order valence-corrected chi connectivity index (χ1v) is 7.34. The number of aromatic nitrogens is 1. The predicted octanol–water partition coefficient (Wildman–Crippen LogP) is 1.83. The molecule has 6 heteroatoms. The summed E-state index contributed by atoms with van der Waals surface area (Å²) < 4.78 is 10.4. The van der Waals surface area contributed by atoms with E-state index in [1.165, 1.54) is 12.5 Å². The van der Waals surface area contributed by atoms with Gasteiger partial charge in [-0.05, 0) is 24.6 Å². The molecule has 22 heavy (non-hydrogen) atoms. The van der Waals surface area contributed by atoms with Crippen LogP contribution >= 0.6 is 0 Å². The van der Waals surface area contributed by atoms with Gasteiger partial charge in [0.05, 0.1) is 24.5 Å². The number of pyridine rings is 1. The van der Waals surface area contributed by atoms with Crippen LogP contribution < -0.4 is 10.2 Å². The number of carbonyl (C=O) groups excluding carboxylic acids is 1. The van der Waals surface area contributed by atoms with Crippen LogP contribution in [0, 0.1) is 0 Å². The molecule has 0 saturated carbocycles. The second-order valence-electron chi connectivity index (χ2n) is 5.35. The van der Waals surface area contributed by atoms with Crippen molar-refractivity contribution in [3.05, 3.63) is 48.0 Å². The van der Waals surface area contributed by atoms with E-state index in [9.17, 15) is 4.79 Å². The molecular weight excluding hydrogens is 282 g/mol. The Hall–Kier alpha value is -2.34. The van der Waals surface area contributed by atoms with Gasteiger partial charge in [0.1, 0.15) is 12.1 Å². The van der Waals surface area contributed by atoms with Gasteiger partial charge in [0, 0.05) is 25.8 Å². The molecule has 1 saturated heterocycles. The molecule has 1 aliphatic rings. The van der Waals surface area contributed by atoms with E-state index in [4.69, 9.17) is 9.15 Å². The van der Waals surface area contributed by atoms with E-state index in [2.05, 4.69) is 22.1 Å². The fourth-order valence-electron chi connectivity index (χ4n) is 2.41. The Kier molecular flexibility index (Phi) is 4.39. The fraction of sp³-hybridized carbons (Fsp3) is 0.375. The third-order valence-corrected chi connectivity index (χ3v) is 3.61. The van der Waals surface area contributed by atoms with E-state index in [1.54, 1.807) is 12.3 Å². The van der Waals surface area contributed by atoms with Crippen LogP contribution in [0.4, 0.5) is 5.82 Å². The van der Waals surface area contributed by atoms with Crippen LogP contribution in [0.1, 0.15) is 22.8 Å². The lowest BCUT2D eigenvalue weighted by atomic mass is 10.2. The maximum atomic E-state index is 11.8. The lowest BCUT2D eigenvalue weighted by Crippen LogP contribution is -2.41. The molecule has 2 aromatic heterocycles. The van der Waals surface area contributed by atoms with Crippen LogP contribution in [0.25, 0.3) is 0 Å². The van der Waals surface area contributed by atoms with Gasteiger partial charge in [0.2, 0.25) is 0 Å². The summed E-state index contributed by atoms with van der Waals surface area (Å²) >= 11 is 0. The minimum Gasteiger partial charge on any atom is -0.472 e. The van der Waals surface area contributed by atoms with E-state index < -0.39 is 0 Å². The third-order valence-electron chi connectivity index (χ3n) is 3.61. The highest BCUT2D eigenvalue weighted by atomic mass is 16.5. The van der Waals surface area contributed by atoms with Crippen molar-refractivity contribution < 1.29 is 13.9 Å². The fourth-order valence-corrected chi connectivity index (χ4v) is 2.41. The number of nitrogens with zero attached hydrogens (tertiary/aromatic N) is 2. The summed E-state index contributed by atoms with van der Waals surface area (Å²) in [5.74, 6) is 0.792. The van der Waals surface area contributed by atoms with Gasteiger partial charge in [-0.2, -0.15) is 0 Å². The number of nitrogens with one attached hydrogen (secondary N) is 1. The largest absolute Gasteiger partial charge is 0.472 e. The van der Waals surface area contributed by atoms with Crippen molar-refractivity contribution >= 4 is 11.7 Å². The molecule has 2 aromatic rings. The van der Waals surface area contributed by atoms with Crippen molar-refractivity contribution in [3.63, 3.8) is 0 Å². The molecule has 1 amide bonds. The second kappa shape index (κ2) is 6.62. The maximum absolute atomic E-state index is 11.8. The first kappa shape index (κ1) is 14.6. The summed E-state index contributed by atoms with van der Waals surface area (Å²) in [5, 5.41) is 2.83. The van der Waals surface area contributed by atoms with Gasteiger partial charge in [0.25, 0.3) is 5.91 Å². The zero-order chi connectivity index (χ0) is 15.4. The molecule has 0 aromatic carbocycles. The van der Waals surface area contributed by atoms with Gasteiger partial charge < -0.3 is 19.4 Å². The van der Waals surface area contributed by atoms with Crippen LogP contribution in [0.15, 0.2) is 41.3 Å². The number of carbonyl (C=O) groups is 1.